The molecule has 54 heavy (non-hydrogen) atoms. The maximum atomic E-state index is 15.4. The fourth-order valence-corrected chi connectivity index (χ4v) is 11.1. The molecule has 1 aromatic heterocycles. The third-order valence-electron chi connectivity index (χ3n) is 9.41. The molecule has 0 radical (unpaired) electrons. The summed E-state index contributed by atoms with van der Waals surface area (Å²) in [6.07, 6.45) is 0. The number of nitrogens with zero attached hydrogens (tertiary/aromatic N) is 6. The molecule has 4 aromatic carbocycles. The van der Waals surface area contributed by atoms with Gasteiger partial charge in [0.1, 0.15) is 22.1 Å². The first-order valence-corrected chi connectivity index (χ1v) is 21.2. The van der Waals surface area contributed by atoms with Gasteiger partial charge in [0.25, 0.3) is 0 Å². The number of tetrazole rings is 1. The molecule has 13 nitrogen and oxygen atoms in total. The Labute approximate surface area is 330 Å². The number of sulfonamides is 1. The van der Waals surface area contributed by atoms with Crippen molar-refractivity contribution in [2.75, 3.05) is 34.4 Å². The Kier molecular flexibility index (Phi) is 11.7. The summed E-state index contributed by atoms with van der Waals surface area (Å²) in [4.78, 5) is 2.74. The number of ether oxygens (including phenoxy) is 3. The molecular formula is C38H43IN6O7S2. The first-order valence-electron chi connectivity index (χ1n) is 17.1. The molecule has 0 unspecified atom stereocenters. The molecule has 0 bridgehead atoms. The van der Waals surface area contributed by atoms with E-state index in [1.165, 1.54) is 15.2 Å². The molecule has 0 amide bonds. The zero-order chi connectivity index (χ0) is 38.8. The lowest BCUT2D eigenvalue weighted by Crippen LogP contribution is -2.61. The van der Waals surface area contributed by atoms with Crippen molar-refractivity contribution >= 4 is 42.5 Å². The van der Waals surface area contributed by atoms with Crippen LogP contribution in [0.5, 0.6) is 17.2 Å². The molecule has 2 heterocycles. The summed E-state index contributed by atoms with van der Waals surface area (Å²) in [5.41, 5.74) is 2.02. The van der Waals surface area contributed by atoms with Gasteiger partial charge in [-0.15, -0.1) is 10.2 Å². The first-order chi connectivity index (χ1) is 25.6. The molecule has 6 rings (SSSR count). The minimum atomic E-state index is -4.62. The number of hydrogen-bond donors (Lipinski definition) is 0. The number of methoxy groups -OCH3 is 3. The van der Waals surface area contributed by atoms with Crippen molar-refractivity contribution in [1.82, 2.24) is 29.4 Å². The molecule has 5 aromatic rings. The molecule has 1 aliphatic rings. The monoisotopic (exact) mass is 886 g/mol. The minimum absolute atomic E-state index is 0.0118. The SMILES string of the molecule is COc1ccc(CN(Cc2ccc(OC)cc2)S(=O)(=O)c2c(S(=O)(=O)C3CN(C(C)(C)C)C3)ccc(I)c2-c2nnn(Cc3ccc(OC)cc3)n2)cc1. The third-order valence-corrected chi connectivity index (χ3v) is 14.4. The number of halogens is 1. The quantitative estimate of drug-likeness (QED) is 0.127. The standard InChI is InChI=1S/C38H43IN6O7S2/c1-38(2,3)43-24-32(25-43)53(46,47)34-20-19-33(39)35(37-40-42-45(41-37)23-28-11-17-31(52-6)18-12-28)36(34)54(48,49)44(21-26-7-13-29(50-4)14-8-26)22-27-9-15-30(51-5)16-10-27/h7-20,32H,21-25H2,1-6H3. The van der Waals surface area contributed by atoms with Crippen molar-refractivity contribution in [2.45, 2.75) is 61.0 Å². The lowest BCUT2D eigenvalue weighted by molar-refractivity contribution is 0.0723. The van der Waals surface area contributed by atoms with Gasteiger partial charge in [-0.25, -0.2) is 16.8 Å². The van der Waals surface area contributed by atoms with Crippen molar-refractivity contribution < 1.29 is 31.0 Å². The lowest BCUT2D eigenvalue weighted by atomic mass is 10.0. The second-order valence-electron chi connectivity index (χ2n) is 14.0. The van der Waals surface area contributed by atoms with Gasteiger partial charge in [-0.2, -0.15) is 9.10 Å². The van der Waals surface area contributed by atoms with Gasteiger partial charge < -0.3 is 14.2 Å². The van der Waals surface area contributed by atoms with Gasteiger partial charge in [0.05, 0.1) is 43.6 Å². The van der Waals surface area contributed by atoms with E-state index in [1.807, 2.05) is 67.6 Å². The largest absolute Gasteiger partial charge is 0.497 e. The highest BCUT2D eigenvalue weighted by molar-refractivity contribution is 14.1. The Morgan fingerprint density at radius 2 is 1.22 bits per heavy atom. The summed E-state index contributed by atoms with van der Waals surface area (Å²) in [6, 6.07) is 24.5. The van der Waals surface area contributed by atoms with E-state index in [9.17, 15) is 8.42 Å². The van der Waals surface area contributed by atoms with Gasteiger partial charge in [0.15, 0.2) is 9.84 Å². The zero-order valence-corrected chi connectivity index (χ0v) is 34.7. The summed E-state index contributed by atoms with van der Waals surface area (Å²) in [5.74, 6) is 1.91. The van der Waals surface area contributed by atoms with Crippen LogP contribution in [0.15, 0.2) is 94.7 Å². The number of hydrogen-bond acceptors (Lipinski definition) is 11. The van der Waals surface area contributed by atoms with Crippen molar-refractivity contribution in [1.29, 1.82) is 0 Å². The average molecular weight is 887 g/mol. The highest BCUT2D eigenvalue weighted by Gasteiger charge is 2.46. The molecular weight excluding hydrogens is 843 g/mol. The van der Waals surface area contributed by atoms with Crippen LogP contribution in [-0.4, -0.2) is 91.5 Å². The highest BCUT2D eigenvalue weighted by Crippen LogP contribution is 2.40. The van der Waals surface area contributed by atoms with Crippen molar-refractivity contribution in [3.63, 3.8) is 0 Å². The van der Waals surface area contributed by atoms with Gasteiger partial charge in [-0.3, -0.25) is 4.90 Å². The first kappa shape index (κ1) is 39.6. The van der Waals surface area contributed by atoms with Gasteiger partial charge in [-0.1, -0.05) is 36.4 Å². The molecule has 1 fully saturated rings. The molecule has 1 saturated heterocycles. The Morgan fingerprint density at radius 1 is 0.741 bits per heavy atom. The van der Waals surface area contributed by atoms with Gasteiger partial charge in [-0.05, 0) is 114 Å². The van der Waals surface area contributed by atoms with Gasteiger partial charge in [0.2, 0.25) is 15.8 Å². The average Bonchev–Trinajstić information content (AvgIpc) is 3.58. The molecule has 0 N–H and O–H groups in total. The Balaban J connectivity index is 1.50. The third kappa shape index (κ3) is 8.41. The molecule has 0 spiro atoms. The fourth-order valence-electron chi connectivity index (χ4n) is 6.12. The van der Waals surface area contributed by atoms with Crippen LogP contribution in [0, 0.1) is 3.57 Å². The number of rotatable bonds is 14. The smallest absolute Gasteiger partial charge is 0.245 e. The van der Waals surface area contributed by atoms with E-state index in [1.54, 1.807) is 75.9 Å². The molecule has 0 saturated carbocycles. The second-order valence-corrected chi connectivity index (χ2v) is 19.2. The fraction of sp³-hybridized carbons (Fsp3) is 0.342. The molecule has 0 aliphatic carbocycles. The Bertz CT molecular complexity index is 2260. The van der Waals surface area contributed by atoms with Crippen molar-refractivity contribution in [3.8, 4) is 28.6 Å². The van der Waals surface area contributed by atoms with Crippen LogP contribution >= 0.6 is 22.6 Å². The van der Waals surface area contributed by atoms with E-state index in [2.05, 4.69) is 20.3 Å². The molecule has 0 atom stereocenters. The maximum Gasteiger partial charge on any atom is 0.245 e. The second kappa shape index (κ2) is 15.9. The van der Waals surface area contributed by atoms with E-state index in [-0.39, 0.29) is 59.4 Å². The number of aromatic nitrogens is 4. The van der Waals surface area contributed by atoms with E-state index in [0.29, 0.717) is 31.9 Å². The lowest BCUT2D eigenvalue weighted by Gasteiger charge is -2.47. The summed E-state index contributed by atoms with van der Waals surface area (Å²) in [5, 5.41) is 12.4. The summed E-state index contributed by atoms with van der Waals surface area (Å²) >= 11 is 2.01. The van der Waals surface area contributed by atoms with Crippen LogP contribution in [-0.2, 0) is 39.5 Å². The van der Waals surface area contributed by atoms with Crippen LogP contribution < -0.4 is 14.2 Å². The number of likely N-dealkylation sites (tertiary alicyclic amines) is 1. The summed E-state index contributed by atoms with van der Waals surface area (Å²) < 4.78 is 77.7. The van der Waals surface area contributed by atoms with Crippen LogP contribution in [0.2, 0.25) is 0 Å². The van der Waals surface area contributed by atoms with Crippen LogP contribution in [0.25, 0.3) is 11.4 Å². The Morgan fingerprint density at radius 3 is 1.69 bits per heavy atom. The van der Waals surface area contributed by atoms with E-state index in [4.69, 9.17) is 14.2 Å². The van der Waals surface area contributed by atoms with Gasteiger partial charge >= 0.3 is 0 Å². The summed E-state index contributed by atoms with van der Waals surface area (Å²) in [7, 11) is -4.10. The van der Waals surface area contributed by atoms with E-state index in [0.717, 1.165) is 5.56 Å². The Hall–Kier alpha value is -4.10. The van der Waals surface area contributed by atoms with Crippen LogP contribution in [0.1, 0.15) is 37.5 Å². The minimum Gasteiger partial charge on any atom is -0.497 e. The molecule has 286 valence electrons. The van der Waals surface area contributed by atoms with E-state index >= 15 is 8.42 Å². The maximum absolute atomic E-state index is 15.4. The molecule has 1 aliphatic heterocycles. The predicted octanol–water partition coefficient (Wildman–Crippen LogP) is 5.67. The number of benzene rings is 4. The predicted molar refractivity (Wildman–Crippen MR) is 213 cm³/mol. The molecule has 16 heteroatoms. The van der Waals surface area contributed by atoms with Gasteiger partial charge in [0, 0.05) is 35.3 Å². The van der Waals surface area contributed by atoms with Crippen LogP contribution in [0.3, 0.4) is 0 Å². The topological polar surface area (TPSA) is 146 Å². The normalized spacial score (nSPS) is 14.2. The summed E-state index contributed by atoms with van der Waals surface area (Å²) in [6.45, 7) is 6.70. The van der Waals surface area contributed by atoms with E-state index < -0.39 is 25.1 Å². The van der Waals surface area contributed by atoms with Crippen molar-refractivity contribution in [3.05, 3.63) is 105 Å². The highest BCUT2D eigenvalue weighted by atomic mass is 127. The van der Waals surface area contributed by atoms with Crippen molar-refractivity contribution in [2.24, 2.45) is 0 Å². The van der Waals surface area contributed by atoms with Crippen LogP contribution in [0.4, 0.5) is 0 Å². The zero-order valence-electron chi connectivity index (χ0n) is 30.9. The number of sulfone groups is 1.